The number of H-pyrrole nitrogens is 1. The van der Waals surface area contributed by atoms with Crippen LogP contribution in [0.3, 0.4) is 0 Å². The van der Waals surface area contributed by atoms with Gasteiger partial charge in [-0.2, -0.15) is 10.3 Å². The fraction of sp³-hybridized carbons (Fsp3) is 0.333. The van der Waals surface area contributed by atoms with Gasteiger partial charge in [0.25, 0.3) is 0 Å². The number of aromatic amines is 1. The highest BCUT2D eigenvalue weighted by molar-refractivity contribution is 7.99. The molecule has 0 unspecified atom stereocenters. The monoisotopic (exact) mass is 153 g/mol. The van der Waals surface area contributed by atoms with Crippen LogP contribution in [0, 0.1) is 12.3 Å². The molecule has 0 saturated heterocycles. The van der Waals surface area contributed by atoms with Gasteiger partial charge in [-0.3, -0.25) is 0 Å². The quantitative estimate of drug-likeness (QED) is 0.399. The molecule has 1 heterocycles. The maximum absolute atomic E-state index is 5.06. The molecule has 1 aromatic rings. The molecule has 0 radical (unpaired) electrons. The Morgan fingerprint density at radius 1 is 1.80 bits per heavy atom. The Morgan fingerprint density at radius 3 is 3.30 bits per heavy atom. The van der Waals surface area contributed by atoms with E-state index in [9.17, 15) is 0 Å². The van der Waals surface area contributed by atoms with E-state index in [1.807, 2.05) is 0 Å². The first-order valence-electron chi connectivity index (χ1n) is 2.85. The predicted octanol–water partition coefficient (Wildman–Crippen LogP) is 0.920. The van der Waals surface area contributed by atoms with Crippen molar-refractivity contribution in [2.45, 2.75) is 11.4 Å². The molecule has 1 N–H and O–H groups in total. The van der Waals surface area contributed by atoms with Gasteiger partial charge in [0.1, 0.15) is 5.03 Å². The molecule has 0 fully saturated rings. The Labute approximate surface area is 63.6 Å². The van der Waals surface area contributed by atoms with Crippen LogP contribution in [0.25, 0.3) is 0 Å². The van der Waals surface area contributed by atoms with Crippen molar-refractivity contribution in [3.05, 3.63) is 6.20 Å². The third kappa shape index (κ3) is 2.11. The third-order valence-corrected chi connectivity index (χ3v) is 1.79. The van der Waals surface area contributed by atoms with Gasteiger partial charge in [0.15, 0.2) is 0 Å². The lowest BCUT2D eigenvalue weighted by Crippen LogP contribution is -1.76. The topological polar surface area (TPSA) is 41.6 Å². The minimum absolute atomic E-state index is 0.775. The van der Waals surface area contributed by atoms with Crippen LogP contribution >= 0.6 is 11.8 Å². The molecule has 52 valence electrons. The van der Waals surface area contributed by atoms with Gasteiger partial charge in [-0.25, -0.2) is 0 Å². The molecular weight excluding hydrogens is 146 g/mol. The molecule has 0 atom stereocenters. The molecule has 0 spiro atoms. The van der Waals surface area contributed by atoms with E-state index >= 15 is 0 Å². The van der Waals surface area contributed by atoms with Gasteiger partial charge in [0.05, 0.1) is 6.20 Å². The van der Waals surface area contributed by atoms with Gasteiger partial charge in [-0.1, -0.05) is 0 Å². The van der Waals surface area contributed by atoms with E-state index in [0.29, 0.717) is 0 Å². The van der Waals surface area contributed by atoms with E-state index in [1.165, 1.54) is 0 Å². The summed E-state index contributed by atoms with van der Waals surface area (Å²) in [6.45, 7) is 0. The van der Waals surface area contributed by atoms with Gasteiger partial charge in [0, 0.05) is 12.2 Å². The Kier molecular flexibility index (Phi) is 2.84. The van der Waals surface area contributed by atoms with E-state index < -0.39 is 0 Å². The maximum Gasteiger partial charge on any atom is 0.138 e. The summed E-state index contributed by atoms with van der Waals surface area (Å²) < 4.78 is 0. The fourth-order valence-corrected chi connectivity index (χ4v) is 1.14. The van der Waals surface area contributed by atoms with Crippen LogP contribution in [0.15, 0.2) is 11.2 Å². The molecule has 1 aromatic heterocycles. The molecule has 0 aliphatic rings. The first-order chi connectivity index (χ1) is 4.93. The van der Waals surface area contributed by atoms with Crippen molar-refractivity contribution in [1.29, 1.82) is 0 Å². The van der Waals surface area contributed by atoms with Crippen molar-refractivity contribution >= 4 is 11.8 Å². The summed E-state index contributed by atoms with van der Waals surface area (Å²) in [6, 6.07) is 0. The zero-order valence-electron chi connectivity index (χ0n) is 5.37. The molecule has 0 aromatic carbocycles. The molecular formula is C6H7N3S. The lowest BCUT2D eigenvalue weighted by atomic mass is 10.5. The van der Waals surface area contributed by atoms with Crippen LogP contribution in [-0.2, 0) is 0 Å². The van der Waals surface area contributed by atoms with Gasteiger partial charge in [-0.15, -0.1) is 29.2 Å². The number of rotatable bonds is 3. The summed E-state index contributed by atoms with van der Waals surface area (Å²) >= 11 is 1.60. The minimum atomic E-state index is 0.775. The molecule has 0 saturated carbocycles. The molecule has 1 rings (SSSR count). The molecule has 3 nitrogen and oxygen atoms in total. The Hall–Kier alpha value is -0.950. The van der Waals surface area contributed by atoms with Crippen molar-refractivity contribution in [3.63, 3.8) is 0 Å². The summed E-state index contributed by atoms with van der Waals surface area (Å²) in [6.07, 6.45) is 7.52. The van der Waals surface area contributed by atoms with Crippen molar-refractivity contribution < 1.29 is 0 Å². The van der Waals surface area contributed by atoms with Gasteiger partial charge in [0.2, 0.25) is 0 Å². The first kappa shape index (κ1) is 7.16. The summed E-state index contributed by atoms with van der Waals surface area (Å²) in [4.78, 5) is 0. The van der Waals surface area contributed by atoms with Crippen LogP contribution in [0.5, 0.6) is 0 Å². The highest BCUT2D eigenvalue weighted by Gasteiger charge is 1.93. The van der Waals surface area contributed by atoms with Gasteiger partial charge in [-0.05, 0) is 0 Å². The summed E-state index contributed by atoms with van der Waals surface area (Å²) in [5, 5.41) is 10.9. The van der Waals surface area contributed by atoms with Crippen molar-refractivity contribution in [1.82, 2.24) is 15.4 Å². The average molecular weight is 153 g/mol. The second kappa shape index (κ2) is 3.96. The number of aromatic nitrogens is 3. The van der Waals surface area contributed by atoms with Crippen molar-refractivity contribution in [2.24, 2.45) is 0 Å². The Balaban J connectivity index is 2.23. The molecule has 4 heteroatoms. The van der Waals surface area contributed by atoms with E-state index in [4.69, 9.17) is 6.42 Å². The summed E-state index contributed by atoms with van der Waals surface area (Å²) in [5.74, 6) is 3.46. The molecule has 10 heavy (non-hydrogen) atoms. The number of hydrogen-bond donors (Lipinski definition) is 1. The Bertz CT molecular complexity index is 211. The van der Waals surface area contributed by atoms with E-state index in [1.54, 1.807) is 18.0 Å². The van der Waals surface area contributed by atoms with Crippen molar-refractivity contribution in [3.8, 4) is 12.3 Å². The number of nitrogens with one attached hydrogen (secondary N) is 1. The first-order valence-corrected chi connectivity index (χ1v) is 3.84. The minimum Gasteiger partial charge on any atom is -0.197 e. The summed E-state index contributed by atoms with van der Waals surface area (Å²) in [5.41, 5.74) is 0. The lowest BCUT2D eigenvalue weighted by Gasteiger charge is -1.88. The highest BCUT2D eigenvalue weighted by Crippen LogP contribution is 2.12. The van der Waals surface area contributed by atoms with Crippen molar-refractivity contribution in [2.75, 3.05) is 5.75 Å². The van der Waals surface area contributed by atoms with Gasteiger partial charge < -0.3 is 0 Å². The second-order valence-electron chi connectivity index (χ2n) is 1.61. The Morgan fingerprint density at radius 2 is 2.70 bits per heavy atom. The van der Waals surface area contributed by atoms with E-state index in [0.717, 1.165) is 17.2 Å². The number of terminal acetylenes is 1. The van der Waals surface area contributed by atoms with E-state index in [-0.39, 0.29) is 0 Å². The maximum atomic E-state index is 5.06. The van der Waals surface area contributed by atoms with Crippen LogP contribution in [0.4, 0.5) is 0 Å². The molecule has 0 amide bonds. The number of nitrogens with zero attached hydrogens (tertiary/aromatic N) is 2. The van der Waals surface area contributed by atoms with Crippen LogP contribution < -0.4 is 0 Å². The fourth-order valence-electron chi connectivity index (χ4n) is 0.475. The highest BCUT2D eigenvalue weighted by atomic mass is 32.2. The number of hydrogen-bond acceptors (Lipinski definition) is 3. The van der Waals surface area contributed by atoms with E-state index in [2.05, 4.69) is 21.3 Å². The molecule has 0 aliphatic heterocycles. The van der Waals surface area contributed by atoms with Crippen LogP contribution in [0.2, 0.25) is 0 Å². The standard InChI is InChI=1S/C6H7N3S/c1-2-3-4-10-6-5-7-9-8-6/h1,5H,3-4H2,(H,7,8,9). The number of thioether (sulfide) groups is 1. The molecule has 0 aliphatic carbocycles. The molecule has 0 bridgehead atoms. The van der Waals surface area contributed by atoms with Crippen LogP contribution in [-0.4, -0.2) is 21.2 Å². The second-order valence-corrected chi connectivity index (χ2v) is 2.73. The lowest BCUT2D eigenvalue weighted by molar-refractivity contribution is 0.911. The summed E-state index contributed by atoms with van der Waals surface area (Å²) in [7, 11) is 0. The third-order valence-electron chi connectivity index (χ3n) is 0.889. The SMILES string of the molecule is C#CCCSc1cn[nH]n1. The largest absolute Gasteiger partial charge is 0.197 e. The smallest absolute Gasteiger partial charge is 0.138 e. The van der Waals surface area contributed by atoms with Gasteiger partial charge >= 0.3 is 0 Å². The average Bonchev–Trinajstić information content (AvgIpc) is 2.41. The zero-order chi connectivity index (χ0) is 7.23. The zero-order valence-corrected chi connectivity index (χ0v) is 6.19. The van der Waals surface area contributed by atoms with Crippen LogP contribution in [0.1, 0.15) is 6.42 Å². The normalized spacial score (nSPS) is 9.10. The predicted molar refractivity (Wildman–Crippen MR) is 40.6 cm³/mol.